The second kappa shape index (κ2) is 6.34. The van der Waals surface area contributed by atoms with Crippen molar-refractivity contribution in [1.82, 2.24) is 14.7 Å². The van der Waals surface area contributed by atoms with Crippen LogP contribution < -0.4 is 5.32 Å². The van der Waals surface area contributed by atoms with Gasteiger partial charge >= 0.3 is 0 Å². The largest absolute Gasteiger partial charge is 0.370 e. The summed E-state index contributed by atoms with van der Waals surface area (Å²) < 4.78 is 1.92. The van der Waals surface area contributed by atoms with Crippen molar-refractivity contribution in [2.24, 2.45) is 11.0 Å². The van der Waals surface area contributed by atoms with E-state index in [1.807, 2.05) is 21.7 Å². The smallest absolute Gasteiger partial charge is 0.259 e. The van der Waals surface area contributed by atoms with E-state index < -0.39 is 5.91 Å². The average Bonchev–Trinajstić information content (AvgIpc) is 3.08. The van der Waals surface area contributed by atoms with Crippen LogP contribution in [0.4, 0.5) is 5.82 Å². The van der Waals surface area contributed by atoms with Gasteiger partial charge in [0.2, 0.25) is 5.91 Å². The van der Waals surface area contributed by atoms with E-state index in [1.165, 1.54) is 0 Å². The van der Waals surface area contributed by atoms with Crippen LogP contribution in [0.1, 0.15) is 53.0 Å². The Labute approximate surface area is 173 Å². The van der Waals surface area contributed by atoms with E-state index in [4.69, 9.17) is 5.53 Å². The second-order valence-corrected chi connectivity index (χ2v) is 9.13. The molecule has 1 aliphatic carbocycles. The van der Waals surface area contributed by atoms with Crippen LogP contribution in [-0.4, -0.2) is 46.1 Å². The van der Waals surface area contributed by atoms with Gasteiger partial charge in [0.25, 0.3) is 5.91 Å². The molecule has 2 atom stereocenters. The first-order valence-corrected chi connectivity index (χ1v) is 10.2. The molecule has 0 spiro atoms. The van der Waals surface area contributed by atoms with Gasteiger partial charge in [-0.3, -0.25) is 9.59 Å². The molecular weight excluding hydrogens is 382 g/mol. The molecule has 2 aliphatic heterocycles. The van der Waals surface area contributed by atoms with Crippen LogP contribution >= 0.6 is 0 Å². The number of carbonyl (C=O) groups excluding carboxylic acids is 2. The van der Waals surface area contributed by atoms with Crippen LogP contribution in [-0.2, 0) is 11.0 Å². The van der Waals surface area contributed by atoms with Crippen LogP contribution in [0.15, 0.2) is 35.6 Å². The Bertz CT molecular complexity index is 1110. The molecule has 1 aromatic carbocycles. The molecule has 30 heavy (non-hydrogen) atoms. The minimum atomic E-state index is -0.584. The predicted molar refractivity (Wildman–Crippen MR) is 110 cm³/mol. The van der Waals surface area contributed by atoms with Crippen LogP contribution in [0, 0.1) is 5.92 Å². The van der Waals surface area contributed by atoms with E-state index in [1.54, 1.807) is 18.3 Å². The number of hydrogen-bond acceptors (Lipinski definition) is 4. The number of hydrogen-bond donors (Lipinski definition) is 1. The maximum absolute atomic E-state index is 13.3. The highest BCUT2D eigenvalue weighted by molar-refractivity contribution is 5.99. The summed E-state index contributed by atoms with van der Waals surface area (Å²) in [6.45, 7) is 6.38. The average molecular weight is 405 g/mol. The van der Waals surface area contributed by atoms with Crippen molar-refractivity contribution in [3.63, 3.8) is 0 Å². The van der Waals surface area contributed by atoms with Crippen molar-refractivity contribution in [2.45, 2.75) is 37.6 Å². The first-order valence-electron chi connectivity index (χ1n) is 10.2. The lowest BCUT2D eigenvalue weighted by atomic mass is 9.93. The molecule has 5 rings (SSSR count). The highest BCUT2D eigenvalue weighted by Gasteiger charge is 2.61. The lowest BCUT2D eigenvalue weighted by Crippen LogP contribution is -2.37. The molecule has 1 saturated heterocycles. The van der Waals surface area contributed by atoms with Crippen LogP contribution in [0.25, 0.3) is 10.4 Å². The van der Waals surface area contributed by atoms with Gasteiger partial charge in [0, 0.05) is 35.5 Å². The van der Waals surface area contributed by atoms with Crippen LogP contribution in [0.3, 0.4) is 0 Å². The van der Waals surface area contributed by atoms with Crippen molar-refractivity contribution in [2.75, 3.05) is 25.0 Å². The summed E-state index contributed by atoms with van der Waals surface area (Å²) in [6, 6.07) is 7.26. The van der Waals surface area contributed by atoms with Gasteiger partial charge in [-0.15, -0.1) is 0 Å². The number of benzene rings is 1. The van der Waals surface area contributed by atoms with Crippen LogP contribution in [0.5, 0.6) is 0 Å². The van der Waals surface area contributed by atoms with Gasteiger partial charge in [0.15, 0.2) is 0 Å². The monoisotopic (exact) mass is 405 g/mol. The maximum Gasteiger partial charge on any atom is 0.259 e. The van der Waals surface area contributed by atoms with Crippen LogP contribution in [0.2, 0.25) is 0 Å². The number of anilines is 1. The Kier molecular flexibility index (Phi) is 3.95. The minimum Gasteiger partial charge on any atom is -0.370 e. The summed E-state index contributed by atoms with van der Waals surface area (Å²) in [4.78, 5) is 29.7. The van der Waals surface area contributed by atoms with E-state index in [-0.39, 0.29) is 16.9 Å². The van der Waals surface area contributed by atoms with E-state index in [2.05, 4.69) is 34.3 Å². The van der Waals surface area contributed by atoms with Gasteiger partial charge in [-0.05, 0) is 54.9 Å². The molecule has 154 valence electrons. The summed E-state index contributed by atoms with van der Waals surface area (Å²) in [5, 5.41) is 11.0. The number of rotatable bonds is 3. The van der Waals surface area contributed by atoms with Gasteiger partial charge in [0.05, 0.1) is 11.7 Å². The third kappa shape index (κ3) is 2.69. The SMILES string of the molecule is CC1(C)CCNc2c(C(=O)N3CC4CC4(c4cccc(C(=O)N=[N+]=[N-])c4)C3)cnn21. The summed E-state index contributed by atoms with van der Waals surface area (Å²) in [5.74, 6) is 0.586. The zero-order chi connectivity index (χ0) is 21.1. The van der Waals surface area contributed by atoms with Gasteiger partial charge in [-0.1, -0.05) is 18.2 Å². The molecule has 2 amide bonds. The topological polar surface area (TPSA) is 116 Å². The molecule has 2 fully saturated rings. The Morgan fingerprint density at radius 1 is 1.37 bits per heavy atom. The Morgan fingerprint density at radius 2 is 2.20 bits per heavy atom. The minimum absolute atomic E-state index is 0.00524. The molecule has 1 N–H and O–H groups in total. The normalized spacial score (nSPS) is 25.5. The molecule has 3 aliphatic rings. The molecule has 1 aromatic heterocycles. The third-order valence-corrected chi connectivity index (χ3v) is 6.86. The van der Waals surface area contributed by atoms with Crippen molar-refractivity contribution in [1.29, 1.82) is 0 Å². The maximum atomic E-state index is 13.3. The first-order chi connectivity index (χ1) is 14.4. The highest BCUT2D eigenvalue weighted by Crippen LogP contribution is 2.59. The number of amides is 2. The molecule has 0 bridgehead atoms. The fourth-order valence-corrected chi connectivity index (χ4v) is 5.04. The number of fused-ring (bicyclic) bond motifs is 2. The molecule has 2 aromatic rings. The van der Waals surface area contributed by atoms with E-state index in [0.717, 1.165) is 30.8 Å². The zero-order valence-corrected chi connectivity index (χ0v) is 17.0. The standard InChI is InChI=1S/C21H23N7O2/c1-20(2)6-7-23-17-16(10-24-28(17)20)19(30)27-11-15-9-21(15,12-27)14-5-3-4-13(8-14)18(29)25-26-22/h3-5,8,10,15,23H,6-7,9,11-12H2,1-2H3. The lowest BCUT2D eigenvalue weighted by molar-refractivity contribution is 0.0772. The summed E-state index contributed by atoms with van der Waals surface area (Å²) in [5.41, 5.74) is 10.3. The number of azide groups is 1. The van der Waals surface area contributed by atoms with Gasteiger partial charge in [-0.2, -0.15) is 5.10 Å². The lowest BCUT2D eigenvalue weighted by Gasteiger charge is -2.33. The molecule has 3 heterocycles. The third-order valence-electron chi connectivity index (χ3n) is 6.86. The molecule has 9 heteroatoms. The summed E-state index contributed by atoms with van der Waals surface area (Å²) in [7, 11) is 0. The van der Waals surface area contributed by atoms with Crippen molar-refractivity contribution < 1.29 is 9.59 Å². The number of nitrogens with zero attached hydrogens (tertiary/aromatic N) is 6. The highest BCUT2D eigenvalue weighted by atomic mass is 16.2. The van der Waals surface area contributed by atoms with E-state index in [9.17, 15) is 9.59 Å². The summed E-state index contributed by atoms with van der Waals surface area (Å²) >= 11 is 0. The number of aromatic nitrogens is 2. The van der Waals surface area contributed by atoms with E-state index >= 15 is 0 Å². The molecule has 1 saturated carbocycles. The van der Waals surface area contributed by atoms with Gasteiger partial charge < -0.3 is 10.2 Å². The first kappa shape index (κ1) is 18.7. The number of carbonyl (C=O) groups is 2. The van der Waals surface area contributed by atoms with Crippen molar-refractivity contribution in [3.05, 3.63) is 57.6 Å². The Morgan fingerprint density at radius 3 is 3.00 bits per heavy atom. The fourth-order valence-electron chi connectivity index (χ4n) is 5.04. The number of nitrogens with one attached hydrogen (secondary N) is 1. The second-order valence-electron chi connectivity index (χ2n) is 9.13. The van der Waals surface area contributed by atoms with Crippen molar-refractivity contribution >= 4 is 17.6 Å². The van der Waals surface area contributed by atoms with E-state index in [0.29, 0.717) is 30.1 Å². The molecular formula is C21H23N7O2. The number of piperidine rings is 1. The Balaban J connectivity index is 1.39. The van der Waals surface area contributed by atoms with Crippen molar-refractivity contribution in [3.8, 4) is 0 Å². The molecule has 2 unspecified atom stereocenters. The Hall–Kier alpha value is -3.32. The van der Waals surface area contributed by atoms with Gasteiger partial charge in [0.1, 0.15) is 11.4 Å². The molecule has 9 nitrogen and oxygen atoms in total. The summed E-state index contributed by atoms with van der Waals surface area (Å²) in [6.07, 6.45) is 3.62. The van der Waals surface area contributed by atoms with Gasteiger partial charge in [-0.25, -0.2) is 4.68 Å². The molecule has 0 radical (unpaired) electrons. The predicted octanol–water partition coefficient (Wildman–Crippen LogP) is 3.30. The quantitative estimate of drug-likeness (QED) is 0.479. The number of likely N-dealkylation sites (tertiary alicyclic amines) is 1. The fraction of sp³-hybridized carbons (Fsp3) is 0.476. The zero-order valence-electron chi connectivity index (χ0n) is 17.0.